The molecule has 0 unspecified atom stereocenters. The van der Waals surface area contributed by atoms with Gasteiger partial charge in [-0.3, -0.25) is 5.32 Å². The van der Waals surface area contributed by atoms with Crippen LogP contribution in [0.2, 0.25) is 0 Å². The van der Waals surface area contributed by atoms with Crippen molar-refractivity contribution in [3.63, 3.8) is 0 Å². The Balaban J connectivity index is 1.67. The van der Waals surface area contributed by atoms with E-state index in [-0.39, 0.29) is 6.61 Å². The topological polar surface area (TPSA) is 64.1 Å². The molecular weight excluding hydrogens is 290 g/mol. The lowest BCUT2D eigenvalue weighted by molar-refractivity contribution is 0.155. The van der Waals surface area contributed by atoms with Gasteiger partial charge >= 0.3 is 6.09 Å². The number of fused-ring (bicyclic) bond motifs is 1. The summed E-state index contributed by atoms with van der Waals surface area (Å²) in [5, 5.41) is 3.60. The van der Waals surface area contributed by atoms with Crippen LogP contribution in [0.4, 0.5) is 10.5 Å². The van der Waals surface area contributed by atoms with Crippen LogP contribution < -0.4 is 5.32 Å². The van der Waals surface area contributed by atoms with Crippen molar-refractivity contribution in [3.8, 4) is 0 Å². The summed E-state index contributed by atoms with van der Waals surface area (Å²) in [7, 11) is 0. The summed E-state index contributed by atoms with van der Waals surface area (Å²) in [6.07, 6.45) is 1.19. The van der Waals surface area contributed by atoms with Crippen LogP contribution in [0.25, 0.3) is 11.0 Å². The molecular formula is C18H17N3O2. The van der Waals surface area contributed by atoms with E-state index in [2.05, 4.69) is 15.3 Å². The van der Waals surface area contributed by atoms with Gasteiger partial charge in [-0.1, -0.05) is 29.8 Å². The van der Waals surface area contributed by atoms with Crippen LogP contribution >= 0.6 is 0 Å². The molecule has 5 heteroatoms. The number of rotatable bonds is 3. The van der Waals surface area contributed by atoms with Gasteiger partial charge in [-0.2, -0.15) is 0 Å². The van der Waals surface area contributed by atoms with Crippen LogP contribution in [0.1, 0.15) is 16.8 Å². The van der Waals surface area contributed by atoms with Gasteiger partial charge in [-0.25, -0.2) is 14.8 Å². The third kappa shape index (κ3) is 3.63. The highest BCUT2D eigenvalue weighted by molar-refractivity contribution is 5.89. The van der Waals surface area contributed by atoms with Gasteiger partial charge in [0, 0.05) is 11.6 Å². The summed E-state index contributed by atoms with van der Waals surface area (Å²) in [6, 6.07) is 13.4. The second kappa shape index (κ2) is 6.44. The lowest BCUT2D eigenvalue weighted by Crippen LogP contribution is -2.14. The van der Waals surface area contributed by atoms with Gasteiger partial charge in [-0.05, 0) is 37.6 Å². The first-order chi connectivity index (χ1) is 11.1. The summed E-state index contributed by atoms with van der Waals surface area (Å²) >= 11 is 0. The van der Waals surface area contributed by atoms with Crippen molar-refractivity contribution in [2.75, 3.05) is 5.32 Å². The van der Waals surface area contributed by atoms with E-state index < -0.39 is 6.09 Å². The molecule has 3 rings (SSSR count). The fourth-order valence-electron chi connectivity index (χ4n) is 2.20. The van der Waals surface area contributed by atoms with E-state index in [0.29, 0.717) is 17.0 Å². The normalized spacial score (nSPS) is 10.5. The maximum atomic E-state index is 12.0. The zero-order chi connectivity index (χ0) is 16.2. The molecule has 1 N–H and O–H groups in total. The molecule has 0 aliphatic carbocycles. The van der Waals surface area contributed by atoms with Crippen molar-refractivity contribution < 1.29 is 9.53 Å². The van der Waals surface area contributed by atoms with Crippen LogP contribution in [0.3, 0.4) is 0 Å². The molecule has 2 heterocycles. The maximum absolute atomic E-state index is 12.0. The van der Waals surface area contributed by atoms with Crippen molar-refractivity contribution in [2.24, 2.45) is 0 Å². The number of hydrogen-bond acceptors (Lipinski definition) is 4. The zero-order valence-corrected chi connectivity index (χ0v) is 13.0. The molecule has 23 heavy (non-hydrogen) atoms. The average molecular weight is 307 g/mol. The number of aryl methyl sites for hydroxylation is 2. The predicted molar refractivity (Wildman–Crippen MR) is 89.3 cm³/mol. The molecule has 0 fully saturated rings. The number of nitrogens with zero attached hydrogens (tertiary/aromatic N) is 2. The summed E-state index contributed by atoms with van der Waals surface area (Å²) < 4.78 is 5.25. The van der Waals surface area contributed by atoms with Gasteiger partial charge in [-0.15, -0.1) is 0 Å². The first-order valence-electron chi connectivity index (χ1n) is 7.33. The first-order valence-corrected chi connectivity index (χ1v) is 7.33. The van der Waals surface area contributed by atoms with E-state index >= 15 is 0 Å². The van der Waals surface area contributed by atoms with E-state index in [9.17, 15) is 4.79 Å². The fourth-order valence-corrected chi connectivity index (χ4v) is 2.20. The monoisotopic (exact) mass is 307 g/mol. The van der Waals surface area contributed by atoms with Crippen molar-refractivity contribution >= 4 is 22.8 Å². The Morgan fingerprint density at radius 3 is 2.74 bits per heavy atom. The molecule has 2 aromatic heterocycles. The van der Waals surface area contributed by atoms with Crippen molar-refractivity contribution in [1.82, 2.24) is 9.97 Å². The highest BCUT2D eigenvalue weighted by atomic mass is 16.5. The van der Waals surface area contributed by atoms with E-state index in [4.69, 9.17) is 4.74 Å². The summed E-state index contributed by atoms with van der Waals surface area (Å²) in [5.41, 5.74) is 4.10. The molecule has 0 bridgehead atoms. The average Bonchev–Trinajstić information content (AvgIpc) is 2.55. The number of anilines is 1. The molecule has 1 amide bonds. The van der Waals surface area contributed by atoms with Crippen molar-refractivity contribution in [3.05, 3.63) is 65.5 Å². The van der Waals surface area contributed by atoms with Gasteiger partial charge < -0.3 is 4.74 Å². The smallest absolute Gasteiger partial charge is 0.412 e. The molecule has 0 aliphatic heterocycles. The minimum Gasteiger partial charge on any atom is -0.444 e. The van der Waals surface area contributed by atoms with Crippen LogP contribution in [-0.4, -0.2) is 16.1 Å². The van der Waals surface area contributed by atoms with Gasteiger partial charge in [0.15, 0.2) is 5.65 Å². The highest BCUT2D eigenvalue weighted by Gasteiger charge is 2.09. The number of hydrogen-bond donors (Lipinski definition) is 1. The van der Waals surface area contributed by atoms with E-state index in [1.54, 1.807) is 6.20 Å². The van der Waals surface area contributed by atoms with Gasteiger partial charge in [0.2, 0.25) is 0 Å². The number of benzene rings is 1. The fraction of sp³-hybridized carbons (Fsp3) is 0.167. The summed E-state index contributed by atoms with van der Waals surface area (Å²) in [4.78, 5) is 20.5. The molecule has 0 aliphatic rings. The second-order valence-electron chi connectivity index (χ2n) is 5.36. The van der Waals surface area contributed by atoms with Crippen molar-refractivity contribution in [1.29, 1.82) is 0 Å². The zero-order valence-electron chi connectivity index (χ0n) is 13.0. The Bertz CT molecular complexity index is 845. The van der Waals surface area contributed by atoms with E-state index in [0.717, 1.165) is 10.9 Å². The molecule has 1 aromatic carbocycles. The third-order valence-electron chi connectivity index (χ3n) is 3.51. The Hall–Kier alpha value is -2.95. The number of ether oxygens (including phenoxy) is 1. The van der Waals surface area contributed by atoms with E-state index in [1.165, 1.54) is 5.56 Å². The quantitative estimate of drug-likeness (QED) is 0.794. The Morgan fingerprint density at radius 1 is 1.17 bits per heavy atom. The molecule has 5 nitrogen and oxygen atoms in total. The van der Waals surface area contributed by atoms with Gasteiger partial charge in [0.1, 0.15) is 6.61 Å². The number of nitrogens with one attached hydrogen (secondary N) is 1. The number of carbonyl (C=O) groups excluding carboxylic acids is 1. The third-order valence-corrected chi connectivity index (χ3v) is 3.51. The Morgan fingerprint density at radius 2 is 1.96 bits per heavy atom. The highest BCUT2D eigenvalue weighted by Crippen LogP contribution is 2.19. The van der Waals surface area contributed by atoms with Gasteiger partial charge in [0.05, 0.1) is 11.4 Å². The van der Waals surface area contributed by atoms with Crippen LogP contribution in [0, 0.1) is 13.8 Å². The predicted octanol–water partition coefficient (Wildman–Crippen LogP) is 4.00. The molecule has 0 atom stereocenters. The SMILES string of the molecule is Cc1ccc(COC(=O)Nc2cc3cccnc3nc2C)cc1. The van der Waals surface area contributed by atoms with Crippen LogP contribution in [-0.2, 0) is 11.3 Å². The van der Waals surface area contributed by atoms with E-state index in [1.807, 2.05) is 56.3 Å². The molecule has 0 saturated heterocycles. The standard InChI is InChI=1S/C18H17N3O2/c1-12-5-7-14(8-6-12)11-23-18(22)21-16-10-15-4-3-9-19-17(15)20-13(16)2/h3-10H,11H2,1-2H3,(H,21,22). The van der Waals surface area contributed by atoms with Crippen molar-refractivity contribution in [2.45, 2.75) is 20.5 Å². The first kappa shape index (κ1) is 15.0. The molecule has 3 aromatic rings. The lowest BCUT2D eigenvalue weighted by Gasteiger charge is -2.10. The lowest BCUT2D eigenvalue weighted by atomic mass is 10.2. The van der Waals surface area contributed by atoms with Gasteiger partial charge in [0.25, 0.3) is 0 Å². The second-order valence-corrected chi connectivity index (χ2v) is 5.36. The minimum atomic E-state index is -0.501. The molecule has 0 spiro atoms. The number of pyridine rings is 2. The number of amides is 1. The number of carbonyl (C=O) groups is 1. The van der Waals surface area contributed by atoms with Crippen LogP contribution in [0.5, 0.6) is 0 Å². The molecule has 0 saturated carbocycles. The molecule has 116 valence electrons. The summed E-state index contributed by atoms with van der Waals surface area (Å²) in [6.45, 7) is 4.07. The number of aromatic nitrogens is 2. The van der Waals surface area contributed by atoms with Crippen LogP contribution in [0.15, 0.2) is 48.7 Å². The largest absolute Gasteiger partial charge is 0.444 e. The summed E-state index contributed by atoms with van der Waals surface area (Å²) in [5.74, 6) is 0. The Labute approximate surface area is 134 Å². The maximum Gasteiger partial charge on any atom is 0.412 e. The Kier molecular flexibility index (Phi) is 4.19. The minimum absolute atomic E-state index is 0.230. The molecule has 0 radical (unpaired) electrons.